The molecule has 0 heterocycles. The normalized spacial score (nSPS) is 16.8. The Labute approximate surface area is 123 Å². The first-order valence-electron chi connectivity index (χ1n) is 6.57. The lowest BCUT2D eigenvalue weighted by molar-refractivity contribution is -0.119. The SMILES string of the molecule is Cc1cc(S(=O)(=O)Cl)cc(C)c1NC(=O)C(C)C1CC1. The summed E-state index contributed by atoms with van der Waals surface area (Å²) in [5, 5.41) is 2.90. The molecule has 0 saturated heterocycles. The van der Waals surface area contributed by atoms with Crippen LogP contribution in [0.1, 0.15) is 30.9 Å². The van der Waals surface area contributed by atoms with E-state index in [9.17, 15) is 13.2 Å². The van der Waals surface area contributed by atoms with Gasteiger partial charge in [-0.2, -0.15) is 0 Å². The molecule has 1 aliphatic carbocycles. The zero-order valence-corrected chi connectivity index (χ0v) is 13.3. The Balaban J connectivity index is 2.26. The van der Waals surface area contributed by atoms with Gasteiger partial charge in [-0.15, -0.1) is 0 Å². The maximum Gasteiger partial charge on any atom is 0.261 e. The zero-order chi connectivity index (χ0) is 15.1. The minimum absolute atomic E-state index is 0.00904. The topological polar surface area (TPSA) is 63.2 Å². The van der Waals surface area contributed by atoms with Crippen molar-refractivity contribution in [2.24, 2.45) is 11.8 Å². The van der Waals surface area contributed by atoms with Gasteiger partial charge in [0.2, 0.25) is 5.91 Å². The summed E-state index contributed by atoms with van der Waals surface area (Å²) in [4.78, 5) is 12.2. The fourth-order valence-corrected chi connectivity index (χ4v) is 3.21. The van der Waals surface area contributed by atoms with Crippen LogP contribution in [0, 0.1) is 25.7 Å². The van der Waals surface area contributed by atoms with Gasteiger partial charge in [-0.1, -0.05) is 6.92 Å². The van der Waals surface area contributed by atoms with E-state index in [0.717, 1.165) is 12.8 Å². The molecule has 1 N–H and O–H groups in total. The molecular formula is C14H18ClNO3S. The van der Waals surface area contributed by atoms with Gasteiger partial charge >= 0.3 is 0 Å². The summed E-state index contributed by atoms with van der Waals surface area (Å²) in [7, 11) is 1.59. The average Bonchev–Trinajstić information content (AvgIpc) is 3.15. The molecule has 1 aliphatic rings. The van der Waals surface area contributed by atoms with Crippen LogP contribution in [0.5, 0.6) is 0 Å². The van der Waals surface area contributed by atoms with Gasteiger partial charge in [0.1, 0.15) is 0 Å². The largest absolute Gasteiger partial charge is 0.325 e. The van der Waals surface area contributed by atoms with Crippen molar-refractivity contribution in [3.05, 3.63) is 23.3 Å². The maximum atomic E-state index is 12.1. The van der Waals surface area contributed by atoms with Gasteiger partial charge in [0.15, 0.2) is 0 Å². The Morgan fingerprint density at radius 1 is 1.30 bits per heavy atom. The van der Waals surface area contributed by atoms with Crippen molar-refractivity contribution in [2.75, 3.05) is 5.32 Å². The lowest BCUT2D eigenvalue weighted by Gasteiger charge is -2.16. The molecule has 0 aliphatic heterocycles. The van der Waals surface area contributed by atoms with Gasteiger partial charge in [-0.05, 0) is 55.9 Å². The number of amides is 1. The molecule has 0 bridgehead atoms. The summed E-state index contributed by atoms with van der Waals surface area (Å²) >= 11 is 0. The molecule has 0 spiro atoms. The Morgan fingerprint density at radius 3 is 2.20 bits per heavy atom. The molecule has 1 atom stereocenters. The molecule has 6 heteroatoms. The van der Waals surface area contributed by atoms with E-state index in [-0.39, 0.29) is 16.7 Å². The predicted molar refractivity (Wildman–Crippen MR) is 79.5 cm³/mol. The highest BCUT2D eigenvalue weighted by Gasteiger charge is 2.32. The number of aryl methyl sites for hydroxylation is 2. The molecule has 4 nitrogen and oxygen atoms in total. The van der Waals surface area contributed by atoms with E-state index >= 15 is 0 Å². The van der Waals surface area contributed by atoms with E-state index in [1.165, 1.54) is 12.1 Å². The van der Waals surface area contributed by atoms with Crippen LogP contribution in [0.3, 0.4) is 0 Å². The zero-order valence-electron chi connectivity index (χ0n) is 11.7. The molecule has 1 unspecified atom stereocenters. The first kappa shape index (κ1) is 15.3. The number of nitrogens with one attached hydrogen (secondary N) is 1. The molecule has 0 radical (unpaired) electrons. The van der Waals surface area contributed by atoms with Gasteiger partial charge in [-0.25, -0.2) is 8.42 Å². The van der Waals surface area contributed by atoms with Crippen molar-refractivity contribution in [3.63, 3.8) is 0 Å². The van der Waals surface area contributed by atoms with Gasteiger partial charge in [0.25, 0.3) is 9.05 Å². The smallest absolute Gasteiger partial charge is 0.261 e. The van der Waals surface area contributed by atoms with E-state index < -0.39 is 9.05 Å². The minimum atomic E-state index is -3.75. The summed E-state index contributed by atoms with van der Waals surface area (Å²) in [6.45, 7) is 5.45. The van der Waals surface area contributed by atoms with E-state index in [1.54, 1.807) is 13.8 Å². The van der Waals surface area contributed by atoms with E-state index in [1.807, 2.05) is 6.92 Å². The molecule has 0 aromatic heterocycles. The summed E-state index contributed by atoms with van der Waals surface area (Å²) in [6.07, 6.45) is 2.21. The van der Waals surface area contributed by atoms with Crippen LogP contribution in [0.15, 0.2) is 17.0 Å². The Hall–Kier alpha value is -1.07. The third-order valence-corrected chi connectivity index (χ3v) is 5.11. The van der Waals surface area contributed by atoms with Crippen molar-refractivity contribution in [1.29, 1.82) is 0 Å². The van der Waals surface area contributed by atoms with Crippen molar-refractivity contribution in [1.82, 2.24) is 0 Å². The van der Waals surface area contributed by atoms with Gasteiger partial charge in [0, 0.05) is 22.3 Å². The maximum absolute atomic E-state index is 12.1. The van der Waals surface area contributed by atoms with Crippen LogP contribution in [0.4, 0.5) is 5.69 Å². The fraction of sp³-hybridized carbons (Fsp3) is 0.500. The second-order valence-corrected chi connectivity index (χ2v) is 8.05. The number of hydrogen-bond donors (Lipinski definition) is 1. The van der Waals surface area contributed by atoms with Crippen molar-refractivity contribution in [3.8, 4) is 0 Å². The van der Waals surface area contributed by atoms with Gasteiger partial charge in [-0.3, -0.25) is 4.79 Å². The van der Waals surface area contributed by atoms with Gasteiger partial charge < -0.3 is 5.32 Å². The molecule has 1 amide bonds. The molecule has 2 rings (SSSR count). The molecule has 1 aromatic carbocycles. The van der Waals surface area contributed by atoms with Crippen molar-refractivity contribution < 1.29 is 13.2 Å². The predicted octanol–water partition coefficient (Wildman–Crippen LogP) is 3.22. The molecule has 1 fully saturated rings. The standard InChI is InChI=1S/C14H18ClNO3S/c1-8-6-12(20(15,18)19)7-9(2)13(8)16-14(17)10(3)11-4-5-11/h6-7,10-11H,4-5H2,1-3H3,(H,16,17). The Kier molecular flexibility index (Phi) is 4.12. The molecule has 1 aromatic rings. The highest BCUT2D eigenvalue weighted by atomic mass is 35.7. The highest BCUT2D eigenvalue weighted by molar-refractivity contribution is 8.13. The third-order valence-electron chi connectivity index (χ3n) is 3.78. The van der Waals surface area contributed by atoms with E-state index in [0.29, 0.717) is 22.7 Å². The summed E-state index contributed by atoms with van der Waals surface area (Å²) < 4.78 is 22.7. The lowest BCUT2D eigenvalue weighted by atomic mass is 10.0. The molecular weight excluding hydrogens is 298 g/mol. The van der Waals surface area contributed by atoms with E-state index in [4.69, 9.17) is 10.7 Å². The number of carbonyl (C=O) groups is 1. The van der Waals surface area contributed by atoms with Crippen LogP contribution >= 0.6 is 10.7 Å². The summed E-state index contributed by atoms with van der Waals surface area (Å²) in [5.74, 6) is 0.462. The van der Waals surface area contributed by atoms with Crippen LogP contribution in [0.25, 0.3) is 0 Å². The van der Waals surface area contributed by atoms with Gasteiger partial charge in [0.05, 0.1) is 4.90 Å². The first-order valence-corrected chi connectivity index (χ1v) is 8.88. The van der Waals surface area contributed by atoms with Crippen LogP contribution in [-0.4, -0.2) is 14.3 Å². The first-order chi connectivity index (χ1) is 9.20. The second-order valence-electron chi connectivity index (χ2n) is 5.49. The third kappa shape index (κ3) is 3.33. The lowest BCUT2D eigenvalue weighted by Crippen LogP contribution is -2.22. The highest BCUT2D eigenvalue weighted by Crippen LogP contribution is 2.37. The summed E-state index contributed by atoms with van der Waals surface area (Å²) in [6, 6.07) is 2.96. The second kappa shape index (κ2) is 5.37. The number of benzene rings is 1. The van der Waals surface area contributed by atoms with Crippen LogP contribution in [-0.2, 0) is 13.8 Å². The quantitative estimate of drug-likeness (QED) is 0.868. The molecule has 20 heavy (non-hydrogen) atoms. The monoisotopic (exact) mass is 315 g/mol. The number of anilines is 1. The number of rotatable bonds is 4. The fourth-order valence-electron chi connectivity index (χ4n) is 2.31. The number of carbonyl (C=O) groups excluding carboxylic acids is 1. The van der Waals surface area contributed by atoms with Crippen molar-refractivity contribution in [2.45, 2.75) is 38.5 Å². The minimum Gasteiger partial charge on any atom is -0.325 e. The number of hydrogen-bond acceptors (Lipinski definition) is 3. The molecule has 1 saturated carbocycles. The van der Waals surface area contributed by atoms with Crippen LogP contribution in [0.2, 0.25) is 0 Å². The van der Waals surface area contributed by atoms with Crippen molar-refractivity contribution >= 4 is 31.3 Å². The molecule has 110 valence electrons. The number of halogens is 1. The van der Waals surface area contributed by atoms with Crippen LogP contribution < -0.4 is 5.32 Å². The Bertz CT molecular complexity index is 627. The summed E-state index contributed by atoms with van der Waals surface area (Å²) in [5.41, 5.74) is 2.06. The Morgan fingerprint density at radius 2 is 1.80 bits per heavy atom. The average molecular weight is 316 g/mol. The van der Waals surface area contributed by atoms with E-state index in [2.05, 4.69) is 5.32 Å².